The zero-order valence-corrected chi connectivity index (χ0v) is 14.5. The van der Waals surface area contributed by atoms with Crippen LogP contribution in [0.5, 0.6) is 0 Å². The highest BCUT2D eigenvalue weighted by atomic mass is 16.2. The van der Waals surface area contributed by atoms with Gasteiger partial charge in [-0.3, -0.25) is 10.2 Å². The van der Waals surface area contributed by atoms with Crippen LogP contribution in [0.3, 0.4) is 0 Å². The number of nitrogens with one attached hydrogen (secondary N) is 2. The molecule has 0 aliphatic carbocycles. The van der Waals surface area contributed by atoms with Crippen LogP contribution in [0.15, 0.2) is 73.3 Å². The van der Waals surface area contributed by atoms with Gasteiger partial charge in [0.25, 0.3) is 5.91 Å². The van der Waals surface area contributed by atoms with E-state index in [1.54, 1.807) is 12.1 Å². The molecule has 1 amide bonds. The van der Waals surface area contributed by atoms with E-state index in [9.17, 15) is 4.79 Å². The molecule has 2 rings (SSSR count). The quantitative estimate of drug-likeness (QED) is 0.557. The minimum absolute atomic E-state index is 0.136. The minimum atomic E-state index is -0.387. The number of carbonyl (C=O) groups is 1. The second kappa shape index (κ2) is 8.46. The first-order chi connectivity index (χ1) is 11.6. The molecule has 24 heavy (non-hydrogen) atoms. The SMILES string of the molecule is C=C[C@@H](C)[C@](CCC)(NNC(=O)c1ccccc1)c1ccccc1. The van der Waals surface area contributed by atoms with Gasteiger partial charge in [0.2, 0.25) is 0 Å². The average molecular weight is 322 g/mol. The molecule has 0 aliphatic heterocycles. The largest absolute Gasteiger partial charge is 0.287 e. The Morgan fingerprint density at radius 1 is 1.12 bits per heavy atom. The van der Waals surface area contributed by atoms with E-state index in [4.69, 9.17) is 0 Å². The fourth-order valence-corrected chi connectivity index (χ4v) is 3.04. The molecule has 2 atom stereocenters. The lowest BCUT2D eigenvalue weighted by Gasteiger charge is -2.39. The molecule has 2 N–H and O–H groups in total. The van der Waals surface area contributed by atoms with Crippen LogP contribution in [-0.2, 0) is 5.54 Å². The third-order valence-electron chi connectivity index (χ3n) is 4.50. The highest BCUT2D eigenvalue weighted by Gasteiger charge is 2.36. The summed E-state index contributed by atoms with van der Waals surface area (Å²) >= 11 is 0. The van der Waals surface area contributed by atoms with Crippen molar-refractivity contribution in [2.45, 2.75) is 32.2 Å². The van der Waals surface area contributed by atoms with Crippen molar-refractivity contribution in [3.63, 3.8) is 0 Å². The molecule has 0 aliphatic rings. The standard InChI is InChI=1S/C21H26N2O/c1-4-16-21(17(3)5-2,19-14-10-7-11-15-19)23-22-20(24)18-12-8-6-9-13-18/h5-15,17,23H,2,4,16H2,1,3H3,(H,22,24)/t17-,21+/m1/s1. The van der Waals surface area contributed by atoms with E-state index in [2.05, 4.69) is 43.4 Å². The van der Waals surface area contributed by atoms with Gasteiger partial charge < -0.3 is 0 Å². The number of hydrazine groups is 1. The summed E-state index contributed by atoms with van der Waals surface area (Å²) in [6, 6.07) is 19.5. The summed E-state index contributed by atoms with van der Waals surface area (Å²) in [6.07, 6.45) is 3.81. The van der Waals surface area contributed by atoms with Crippen LogP contribution in [0.1, 0.15) is 42.6 Å². The third kappa shape index (κ3) is 3.92. The van der Waals surface area contributed by atoms with Gasteiger partial charge in [0.05, 0.1) is 5.54 Å². The van der Waals surface area contributed by atoms with Gasteiger partial charge in [0, 0.05) is 5.56 Å². The lowest BCUT2D eigenvalue weighted by molar-refractivity contribution is 0.0879. The Morgan fingerprint density at radius 3 is 2.25 bits per heavy atom. The number of hydrogen-bond acceptors (Lipinski definition) is 2. The van der Waals surface area contributed by atoms with Crippen molar-refractivity contribution >= 4 is 5.91 Å². The number of hydrogen-bond donors (Lipinski definition) is 2. The second-order valence-electron chi connectivity index (χ2n) is 6.06. The van der Waals surface area contributed by atoms with Gasteiger partial charge in [0.1, 0.15) is 0 Å². The normalized spacial score (nSPS) is 14.4. The molecule has 0 heterocycles. The van der Waals surface area contributed by atoms with Crippen LogP contribution in [-0.4, -0.2) is 5.91 Å². The maximum absolute atomic E-state index is 12.4. The van der Waals surface area contributed by atoms with Crippen molar-refractivity contribution < 1.29 is 4.79 Å². The zero-order chi connectivity index (χ0) is 17.4. The Morgan fingerprint density at radius 2 is 1.71 bits per heavy atom. The molecule has 2 aromatic carbocycles. The van der Waals surface area contributed by atoms with Crippen molar-refractivity contribution in [3.05, 3.63) is 84.4 Å². The lowest BCUT2D eigenvalue weighted by atomic mass is 9.76. The van der Waals surface area contributed by atoms with Crippen molar-refractivity contribution in [2.24, 2.45) is 5.92 Å². The Labute approximate surface area is 144 Å². The summed E-state index contributed by atoms with van der Waals surface area (Å²) in [5.74, 6) is 0.0131. The summed E-state index contributed by atoms with van der Waals surface area (Å²) in [5.41, 5.74) is 7.62. The van der Waals surface area contributed by atoms with Crippen LogP contribution in [0, 0.1) is 5.92 Å². The van der Waals surface area contributed by atoms with E-state index in [0.717, 1.165) is 18.4 Å². The topological polar surface area (TPSA) is 41.1 Å². The molecule has 0 fully saturated rings. The van der Waals surface area contributed by atoms with E-state index in [-0.39, 0.29) is 17.4 Å². The third-order valence-corrected chi connectivity index (χ3v) is 4.50. The van der Waals surface area contributed by atoms with Gasteiger partial charge in [-0.1, -0.05) is 74.9 Å². The Hall–Kier alpha value is -2.39. The van der Waals surface area contributed by atoms with Gasteiger partial charge in [-0.2, -0.15) is 0 Å². The highest BCUT2D eigenvalue weighted by molar-refractivity contribution is 5.93. The molecule has 0 radical (unpaired) electrons. The molecule has 0 bridgehead atoms. The van der Waals surface area contributed by atoms with Crippen LogP contribution in [0.25, 0.3) is 0 Å². The fourth-order valence-electron chi connectivity index (χ4n) is 3.04. The maximum atomic E-state index is 12.4. The van der Waals surface area contributed by atoms with Crippen LogP contribution in [0.4, 0.5) is 0 Å². The average Bonchev–Trinajstić information content (AvgIpc) is 2.65. The molecule has 126 valence electrons. The maximum Gasteiger partial charge on any atom is 0.265 e. The molecule has 0 aromatic heterocycles. The molecule has 2 aromatic rings. The molecular formula is C21H26N2O. The zero-order valence-electron chi connectivity index (χ0n) is 14.5. The summed E-state index contributed by atoms with van der Waals surface area (Å²) < 4.78 is 0. The van der Waals surface area contributed by atoms with Crippen molar-refractivity contribution in [2.75, 3.05) is 0 Å². The summed E-state index contributed by atoms with van der Waals surface area (Å²) in [6.45, 7) is 8.24. The van der Waals surface area contributed by atoms with Gasteiger partial charge in [-0.15, -0.1) is 6.58 Å². The molecule has 0 unspecified atom stereocenters. The molecular weight excluding hydrogens is 296 g/mol. The molecule has 0 spiro atoms. The van der Waals surface area contributed by atoms with Crippen LogP contribution >= 0.6 is 0 Å². The molecule has 3 nitrogen and oxygen atoms in total. The minimum Gasteiger partial charge on any atom is -0.287 e. The second-order valence-corrected chi connectivity index (χ2v) is 6.06. The van der Waals surface area contributed by atoms with Gasteiger partial charge in [-0.05, 0) is 30.0 Å². The first-order valence-corrected chi connectivity index (χ1v) is 8.44. The van der Waals surface area contributed by atoms with Crippen molar-refractivity contribution in [1.29, 1.82) is 0 Å². The predicted molar refractivity (Wildman–Crippen MR) is 99.4 cm³/mol. The predicted octanol–water partition coefficient (Wildman–Crippen LogP) is 4.44. The summed E-state index contributed by atoms with van der Waals surface area (Å²) in [4.78, 5) is 12.4. The Kier molecular flexibility index (Phi) is 6.33. The van der Waals surface area contributed by atoms with Crippen LogP contribution < -0.4 is 10.9 Å². The van der Waals surface area contributed by atoms with Crippen molar-refractivity contribution in [1.82, 2.24) is 10.9 Å². The lowest BCUT2D eigenvalue weighted by Crippen LogP contribution is -2.55. The number of carbonyl (C=O) groups excluding carboxylic acids is 1. The molecule has 3 heteroatoms. The van der Waals surface area contributed by atoms with Crippen molar-refractivity contribution in [3.8, 4) is 0 Å². The van der Waals surface area contributed by atoms with Gasteiger partial charge >= 0.3 is 0 Å². The fraction of sp³-hybridized carbons (Fsp3) is 0.286. The molecule has 0 saturated carbocycles. The van der Waals surface area contributed by atoms with Gasteiger partial charge in [-0.25, -0.2) is 5.43 Å². The summed E-state index contributed by atoms with van der Waals surface area (Å²) in [7, 11) is 0. The van der Waals surface area contributed by atoms with E-state index < -0.39 is 0 Å². The Bertz CT molecular complexity index is 654. The van der Waals surface area contributed by atoms with E-state index in [1.807, 2.05) is 42.5 Å². The Balaban J connectivity index is 2.29. The summed E-state index contributed by atoms with van der Waals surface area (Å²) in [5, 5.41) is 0. The van der Waals surface area contributed by atoms with E-state index in [0.29, 0.717) is 5.56 Å². The first-order valence-electron chi connectivity index (χ1n) is 8.44. The molecule has 0 saturated heterocycles. The van der Waals surface area contributed by atoms with Crippen LogP contribution in [0.2, 0.25) is 0 Å². The monoisotopic (exact) mass is 322 g/mol. The highest BCUT2D eigenvalue weighted by Crippen LogP contribution is 2.34. The smallest absolute Gasteiger partial charge is 0.265 e. The van der Waals surface area contributed by atoms with E-state index in [1.165, 1.54) is 0 Å². The number of amides is 1. The number of rotatable bonds is 8. The first kappa shape index (κ1) is 18.0. The number of benzene rings is 2. The van der Waals surface area contributed by atoms with E-state index >= 15 is 0 Å². The van der Waals surface area contributed by atoms with Gasteiger partial charge in [0.15, 0.2) is 0 Å².